The Labute approximate surface area is 86.0 Å². The van der Waals surface area contributed by atoms with Crippen molar-refractivity contribution in [3.05, 3.63) is 0 Å². The van der Waals surface area contributed by atoms with Gasteiger partial charge in [-0.05, 0) is 0 Å². The monoisotopic (exact) mass is 135 g/mol. The van der Waals surface area contributed by atoms with E-state index in [4.69, 9.17) is 4.79 Å². The second-order valence-corrected chi connectivity index (χ2v) is 0. The smallest absolute Gasteiger partial charge is 0.307 e. The average molecular weight is 135 g/mol. The molecule has 1 nitrogen and oxygen atoms in total. The first kappa shape index (κ1) is 27.1. The van der Waals surface area contributed by atoms with Gasteiger partial charge >= 0.3 is 59.1 Å². The van der Waals surface area contributed by atoms with Gasteiger partial charge in [-0.25, -0.2) is 0 Å². The molecule has 0 aliphatic rings. The molecule has 0 saturated carbocycles. The van der Waals surface area contributed by atoms with Crippen LogP contribution in [0.3, 0.4) is 0 Å². The van der Waals surface area contributed by atoms with Crippen LogP contribution in [0.1, 0.15) is 0 Å². The summed E-state index contributed by atoms with van der Waals surface area (Å²) in [5.74, 6) is 0. The first-order valence-corrected chi connectivity index (χ1v) is 0.289. The van der Waals surface area contributed by atoms with Crippen molar-refractivity contribution in [2.45, 2.75) is 0 Å². The summed E-state index contributed by atoms with van der Waals surface area (Å²) in [5, 5.41) is 0. The van der Waals surface area contributed by atoms with Crippen molar-refractivity contribution < 1.29 is 80.7 Å². The molecule has 1 radical (unpaired) electrons. The fourth-order valence-electron chi connectivity index (χ4n) is 0. The summed E-state index contributed by atoms with van der Waals surface area (Å²) in [4.78, 5) is 8.00. The second kappa shape index (κ2) is 34.9. The summed E-state index contributed by atoms with van der Waals surface area (Å²) < 4.78 is 0. The molecule has 0 bridgehead atoms. The van der Waals surface area contributed by atoms with Gasteiger partial charge in [0.15, 0.2) is 0 Å². The van der Waals surface area contributed by atoms with Crippen molar-refractivity contribution in [3.63, 3.8) is 0 Å². The summed E-state index contributed by atoms with van der Waals surface area (Å²) in [6.45, 7) is 2.00. The Morgan fingerprint density at radius 2 is 1.00 bits per heavy atom. The normalized spacial score (nSPS) is 0.800. The van der Waals surface area contributed by atoms with Crippen LogP contribution in [0.25, 0.3) is 0 Å². The summed E-state index contributed by atoms with van der Waals surface area (Å²) in [6, 6.07) is 0. The van der Waals surface area contributed by atoms with Crippen molar-refractivity contribution >= 4 is 6.79 Å². The fraction of sp³-hybridized carbons (Fsp3) is 0. The van der Waals surface area contributed by atoms with Crippen LogP contribution in [-0.4, -0.2) is 6.79 Å². The van der Waals surface area contributed by atoms with Crippen molar-refractivity contribution in [3.8, 4) is 0 Å². The minimum Gasteiger partial charge on any atom is -0.307 e. The molecule has 4 heteroatoms. The van der Waals surface area contributed by atoms with Crippen LogP contribution in [0.15, 0.2) is 0 Å². The third-order valence-electron chi connectivity index (χ3n) is 0. The Balaban J connectivity index is -0.00000000167. The van der Waals surface area contributed by atoms with E-state index in [1.165, 1.54) is 0 Å². The first-order chi connectivity index (χ1) is 1.00. The van der Waals surface area contributed by atoms with Crippen LogP contribution in [0.4, 0.5) is 0 Å². The molecule has 0 amide bonds. The maximum atomic E-state index is 8.00. The predicted molar refractivity (Wildman–Crippen MR) is 7.12 cm³/mol. The van der Waals surface area contributed by atoms with E-state index in [-0.39, 0.29) is 75.9 Å². The number of carbonyl (C=O) groups is 1. The van der Waals surface area contributed by atoms with Gasteiger partial charge in [-0.3, -0.25) is 0 Å². The molecule has 0 aromatic rings. The number of hydrogen-bond donors (Lipinski definition) is 0. The Morgan fingerprint density at radius 1 is 1.00 bits per heavy atom. The van der Waals surface area contributed by atoms with Crippen LogP contribution < -0.4 is 59.1 Å². The van der Waals surface area contributed by atoms with E-state index in [1.807, 2.05) is 6.79 Å². The zero-order valence-electron chi connectivity index (χ0n) is 3.45. The molecule has 0 unspecified atom stereocenters. The number of carbonyl (C=O) groups excluding carboxylic acids is 1. The zero-order chi connectivity index (χ0) is 2.00. The Kier molecular flexibility index (Phi) is 190. The van der Waals surface area contributed by atoms with Crippen LogP contribution in [0.5, 0.6) is 0 Å². The van der Waals surface area contributed by atoms with Crippen LogP contribution >= 0.6 is 0 Å². The fourth-order valence-corrected chi connectivity index (χ4v) is 0. The summed E-state index contributed by atoms with van der Waals surface area (Å²) in [5.41, 5.74) is 0. The van der Waals surface area contributed by atoms with Gasteiger partial charge < -0.3 is 4.79 Å². The molecule has 0 N–H and O–H groups in total. The van der Waals surface area contributed by atoms with Gasteiger partial charge in [0.2, 0.25) is 0 Å². The number of rotatable bonds is 0. The average Bonchev–Trinajstić information content (AvgIpc) is 1.00. The van der Waals surface area contributed by atoms with E-state index in [2.05, 4.69) is 0 Å². The van der Waals surface area contributed by atoms with Crippen LogP contribution in [0.2, 0.25) is 0 Å². The van der Waals surface area contributed by atoms with Crippen LogP contribution in [-0.2, 0) is 21.6 Å². The van der Waals surface area contributed by atoms with Gasteiger partial charge in [0.05, 0.1) is 0 Å². The molecule has 0 saturated heterocycles. The Bertz CT molecular complexity index is 9.61. The third-order valence-corrected chi connectivity index (χ3v) is 0. The van der Waals surface area contributed by atoms with Gasteiger partial charge in [0.1, 0.15) is 6.79 Å². The van der Waals surface area contributed by atoms with E-state index in [0.29, 0.717) is 0 Å². The quantitative estimate of drug-likeness (QED) is 0.302. The predicted octanol–water partition coefficient (Wildman–Crippen LogP) is -6.18. The van der Waals surface area contributed by atoms with Crippen molar-refractivity contribution in [1.82, 2.24) is 0 Å². The molecule has 21 valence electrons. The molecular weight excluding hydrogens is 133 g/mol. The van der Waals surface area contributed by atoms with Crippen molar-refractivity contribution in [1.29, 1.82) is 0 Å². The number of hydrogen-bond acceptors (Lipinski definition) is 1. The zero-order valence-corrected chi connectivity index (χ0v) is 8.49. The molecule has 0 fully saturated rings. The van der Waals surface area contributed by atoms with Crippen LogP contribution in [0, 0.1) is 0 Å². The van der Waals surface area contributed by atoms with Crippen molar-refractivity contribution in [2.24, 2.45) is 0 Å². The Morgan fingerprint density at radius 3 is 1.00 bits per heavy atom. The molecule has 0 heterocycles. The molecule has 5 heavy (non-hydrogen) atoms. The van der Waals surface area contributed by atoms with E-state index in [9.17, 15) is 0 Å². The molecule has 0 atom stereocenters. The van der Waals surface area contributed by atoms with E-state index in [1.54, 1.807) is 0 Å². The van der Waals surface area contributed by atoms with Crippen molar-refractivity contribution in [2.75, 3.05) is 0 Å². The molecule has 0 aliphatic heterocycles. The largest absolute Gasteiger partial charge is 1.00 e. The maximum Gasteiger partial charge on any atom is 1.00 e. The topological polar surface area (TPSA) is 17.1 Å². The minimum absolute atomic E-state index is 0. The third kappa shape index (κ3) is 22.7. The minimum atomic E-state index is 0. The first-order valence-electron chi connectivity index (χ1n) is 0.289. The molecule has 0 aromatic carbocycles. The molecule has 0 aromatic heterocycles. The van der Waals surface area contributed by atoms with Gasteiger partial charge in [-0.15, -0.1) is 0 Å². The maximum absolute atomic E-state index is 8.00. The van der Waals surface area contributed by atoms with Gasteiger partial charge in [-0.1, -0.05) is 0 Å². The molecular formula is CH2CoNa2O+2. The molecule has 0 aliphatic carbocycles. The summed E-state index contributed by atoms with van der Waals surface area (Å²) in [6.07, 6.45) is 0. The Hall–Kier alpha value is 2.18. The van der Waals surface area contributed by atoms with E-state index >= 15 is 0 Å². The van der Waals surface area contributed by atoms with Gasteiger partial charge in [0.25, 0.3) is 0 Å². The second-order valence-electron chi connectivity index (χ2n) is 0. The van der Waals surface area contributed by atoms with Gasteiger partial charge in [0, 0.05) is 16.8 Å². The van der Waals surface area contributed by atoms with E-state index < -0.39 is 0 Å². The van der Waals surface area contributed by atoms with Gasteiger partial charge in [-0.2, -0.15) is 0 Å². The van der Waals surface area contributed by atoms with E-state index in [0.717, 1.165) is 0 Å². The summed E-state index contributed by atoms with van der Waals surface area (Å²) in [7, 11) is 0. The molecule has 0 spiro atoms. The SMILES string of the molecule is C=O.[Co].[Na+].[Na+]. The summed E-state index contributed by atoms with van der Waals surface area (Å²) >= 11 is 0. The molecule has 0 rings (SSSR count). The standard InChI is InChI=1S/CH2O.Co.2Na/c1-2;;;/h1H2;;;/q;;2*+1.